The lowest BCUT2D eigenvalue weighted by Crippen LogP contribution is -2.36. The first-order valence-corrected chi connectivity index (χ1v) is 8.95. The van der Waals surface area contributed by atoms with Gasteiger partial charge in [-0.05, 0) is 29.5 Å². The predicted octanol–water partition coefficient (Wildman–Crippen LogP) is 6.66. The number of hydrogen-bond acceptors (Lipinski definition) is 1. The molecule has 1 atom stereocenters. The zero-order valence-electron chi connectivity index (χ0n) is 14.3. The molecule has 0 aliphatic carbocycles. The summed E-state index contributed by atoms with van der Waals surface area (Å²) in [7, 11) is 0. The quantitative estimate of drug-likeness (QED) is 0.596. The van der Waals surface area contributed by atoms with Crippen molar-refractivity contribution in [3.8, 4) is 0 Å². The Morgan fingerprint density at radius 2 is 1.39 bits per heavy atom. The predicted molar refractivity (Wildman–Crippen MR) is 103 cm³/mol. The third-order valence-corrected chi connectivity index (χ3v) is 6.30. The molecule has 1 heterocycles. The van der Waals surface area contributed by atoms with Gasteiger partial charge >= 0.3 is 0 Å². The first kappa shape index (κ1) is 16.1. The van der Waals surface area contributed by atoms with Crippen LogP contribution in [-0.2, 0) is 4.75 Å². The molecular formula is C22H24S. The van der Waals surface area contributed by atoms with E-state index in [0.717, 1.165) is 0 Å². The molecule has 1 aliphatic heterocycles. The lowest BCUT2D eigenvalue weighted by Gasteiger charge is -2.45. The highest BCUT2D eigenvalue weighted by molar-refractivity contribution is 8.09. The monoisotopic (exact) mass is 320 g/mol. The van der Waals surface area contributed by atoms with Crippen molar-refractivity contribution in [1.29, 1.82) is 0 Å². The Labute approximate surface area is 144 Å². The summed E-state index contributed by atoms with van der Waals surface area (Å²) in [6.07, 6.45) is 4.76. The molecule has 0 N–H and O–H groups in total. The second-order valence-electron chi connectivity index (χ2n) is 7.22. The van der Waals surface area contributed by atoms with Crippen LogP contribution >= 0.6 is 11.8 Å². The zero-order chi connectivity index (χ0) is 16.5. The number of benzene rings is 2. The fourth-order valence-corrected chi connectivity index (χ4v) is 4.83. The minimum absolute atomic E-state index is 0.0573. The summed E-state index contributed by atoms with van der Waals surface area (Å²) in [4.78, 5) is 1.35. The molecule has 1 unspecified atom stereocenters. The van der Waals surface area contributed by atoms with Crippen molar-refractivity contribution in [2.24, 2.45) is 5.41 Å². The van der Waals surface area contributed by atoms with Gasteiger partial charge in [-0.1, -0.05) is 93.1 Å². The van der Waals surface area contributed by atoms with Gasteiger partial charge in [-0.2, -0.15) is 0 Å². The molecule has 0 saturated carbocycles. The maximum absolute atomic E-state index is 2.44. The SMILES string of the molecule is CC1=CC(c2ccccc2)(C(C)(C)C)SC(c2ccccc2)=C1. The van der Waals surface area contributed by atoms with Crippen LogP contribution in [0.15, 0.2) is 78.4 Å². The summed E-state index contributed by atoms with van der Waals surface area (Å²) in [5.41, 5.74) is 4.11. The van der Waals surface area contributed by atoms with Crippen LogP contribution in [0.3, 0.4) is 0 Å². The summed E-state index contributed by atoms with van der Waals surface area (Å²) in [6, 6.07) is 21.6. The van der Waals surface area contributed by atoms with Gasteiger partial charge in [0.25, 0.3) is 0 Å². The third-order valence-electron chi connectivity index (χ3n) is 4.44. The normalized spacial score (nSPS) is 21.6. The van der Waals surface area contributed by atoms with Crippen LogP contribution in [0.25, 0.3) is 4.91 Å². The molecule has 0 amide bonds. The first-order valence-electron chi connectivity index (χ1n) is 8.13. The van der Waals surface area contributed by atoms with Crippen molar-refractivity contribution in [2.75, 3.05) is 0 Å². The minimum atomic E-state index is -0.0573. The minimum Gasteiger partial charge on any atom is -0.109 e. The Morgan fingerprint density at radius 1 is 0.826 bits per heavy atom. The topological polar surface area (TPSA) is 0 Å². The summed E-state index contributed by atoms with van der Waals surface area (Å²) in [6.45, 7) is 9.23. The van der Waals surface area contributed by atoms with Crippen LogP contribution in [0.5, 0.6) is 0 Å². The van der Waals surface area contributed by atoms with Crippen LogP contribution in [0.2, 0.25) is 0 Å². The Balaban J connectivity index is 2.15. The molecule has 3 rings (SSSR count). The molecule has 0 bridgehead atoms. The van der Waals surface area contributed by atoms with Crippen LogP contribution in [0.4, 0.5) is 0 Å². The molecule has 2 aromatic carbocycles. The van der Waals surface area contributed by atoms with Gasteiger partial charge in [0.15, 0.2) is 0 Å². The van der Waals surface area contributed by atoms with Crippen molar-refractivity contribution in [2.45, 2.75) is 32.4 Å². The van der Waals surface area contributed by atoms with E-state index in [0.29, 0.717) is 0 Å². The fourth-order valence-electron chi connectivity index (χ4n) is 3.18. The van der Waals surface area contributed by atoms with E-state index >= 15 is 0 Å². The van der Waals surface area contributed by atoms with E-state index < -0.39 is 0 Å². The van der Waals surface area contributed by atoms with Gasteiger partial charge in [-0.25, -0.2) is 0 Å². The fraction of sp³-hybridized carbons (Fsp3) is 0.273. The summed E-state index contributed by atoms with van der Waals surface area (Å²) >= 11 is 1.98. The molecule has 0 radical (unpaired) electrons. The number of hydrogen-bond donors (Lipinski definition) is 0. The van der Waals surface area contributed by atoms with Gasteiger partial charge < -0.3 is 0 Å². The van der Waals surface area contributed by atoms with E-state index in [-0.39, 0.29) is 10.2 Å². The van der Waals surface area contributed by atoms with Crippen molar-refractivity contribution >= 4 is 16.7 Å². The molecule has 0 saturated heterocycles. The molecular weight excluding hydrogens is 296 g/mol. The summed E-state index contributed by atoms with van der Waals surface area (Å²) in [5, 5.41) is 0. The molecule has 0 nitrogen and oxygen atoms in total. The van der Waals surface area contributed by atoms with Gasteiger partial charge in [0, 0.05) is 4.91 Å². The first-order chi connectivity index (χ1) is 10.9. The molecule has 2 aromatic rings. The Kier molecular flexibility index (Phi) is 4.25. The molecule has 1 aliphatic rings. The van der Waals surface area contributed by atoms with Gasteiger partial charge in [0.05, 0.1) is 4.75 Å². The Hall–Kier alpha value is -1.73. The third kappa shape index (κ3) is 3.03. The standard InChI is InChI=1S/C22H24S/c1-17-15-20(18-11-7-5-8-12-18)23-22(16-17,21(2,3)4)19-13-9-6-10-14-19/h5-16H,1-4H3. The van der Waals surface area contributed by atoms with E-state index in [9.17, 15) is 0 Å². The van der Waals surface area contributed by atoms with Crippen molar-refractivity contribution < 1.29 is 0 Å². The second-order valence-corrected chi connectivity index (χ2v) is 8.50. The van der Waals surface area contributed by atoms with E-state index in [1.54, 1.807) is 0 Å². The van der Waals surface area contributed by atoms with Gasteiger partial charge in [-0.15, -0.1) is 11.8 Å². The maximum Gasteiger partial charge on any atom is 0.0689 e. The van der Waals surface area contributed by atoms with E-state index in [1.165, 1.54) is 21.6 Å². The lowest BCUT2D eigenvalue weighted by molar-refractivity contribution is 0.334. The Bertz CT molecular complexity index is 733. The molecule has 0 spiro atoms. The van der Waals surface area contributed by atoms with Crippen LogP contribution in [-0.4, -0.2) is 0 Å². The van der Waals surface area contributed by atoms with Crippen molar-refractivity contribution in [1.82, 2.24) is 0 Å². The highest BCUT2D eigenvalue weighted by atomic mass is 32.2. The maximum atomic E-state index is 2.44. The average Bonchev–Trinajstić information content (AvgIpc) is 2.55. The van der Waals surface area contributed by atoms with E-state index in [2.05, 4.69) is 101 Å². The smallest absolute Gasteiger partial charge is 0.0689 e. The van der Waals surface area contributed by atoms with E-state index in [1.807, 2.05) is 11.8 Å². The highest BCUT2D eigenvalue weighted by Crippen LogP contribution is 2.58. The molecule has 0 fully saturated rings. The number of rotatable bonds is 2. The van der Waals surface area contributed by atoms with Gasteiger partial charge in [0.1, 0.15) is 0 Å². The van der Waals surface area contributed by atoms with Crippen LogP contribution < -0.4 is 0 Å². The molecule has 23 heavy (non-hydrogen) atoms. The number of thioether (sulfide) groups is 1. The van der Waals surface area contributed by atoms with Crippen molar-refractivity contribution in [3.63, 3.8) is 0 Å². The van der Waals surface area contributed by atoms with E-state index in [4.69, 9.17) is 0 Å². The van der Waals surface area contributed by atoms with Gasteiger partial charge in [-0.3, -0.25) is 0 Å². The largest absolute Gasteiger partial charge is 0.109 e. The molecule has 0 aromatic heterocycles. The second kappa shape index (κ2) is 6.05. The number of allylic oxidation sites excluding steroid dienone is 2. The Morgan fingerprint density at radius 3 is 1.96 bits per heavy atom. The summed E-state index contributed by atoms with van der Waals surface area (Å²) < 4.78 is -0.0573. The van der Waals surface area contributed by atoms with Crippen molar-refractivity contribution in [3.05, 3.63) is 89.5 Å². The molecule has 118 valence electrons. The summed E-state index contributed by atoms with van der Waals surface area (Å²) in [5.74, 6) is 0. The van der Waals surface area contributed by atoms with Crippen LogP contribution in [0, 0.1) is 5.41 Å². The highest BCUT2D eigenvalue weighted by Gasteiger charge is 2.44. The molecule has 1 heteroatoms. The zero-order valence-corrected chi connectivity index (χ0v) is 15.2. The lowest BCUT2D eigenvalue weighted by atomic mass is 9.74. The average molecular weight is 321 g/mol. The van der Waals surface area contributed by atoms with Crippen LogP contribution in [0.1, 0.15) is 38.8 Å². The van der Waals surface area contributed by atoms with Gasteiger partial charge in [0.2, 0.25) is 0 Å².